The average molecular weight is 506 g/mol. The summed E-state index contributed by atoms with van der Waals surface area (Å²) in [6, 6.07) is 11.5. The standard InChI is InChI=1S/C19H18F4N4.HI/c1-2-25-18(26-11-14-5-3-13(10-24)4-6-14)27-12-15-7-8-16(20)9-17(15)19(21,22)23;/h3-9H,2,11-12H2,1H3,(H2,25,26,27);1H. The SMILES string of the molecule is CCNC(=NCc1ccc(C#N)cc1)NCc1ccc(F)cc1C(F)(F)F.I. The Morgan fingerprint density at radius 2 is 1.79 bits per heavy atom. The highest BCUT2D eigenvalue weighted by atomic mass is 127. The van der Waals surface area contributed by atoms with Crippen LogP contribution in [-0.2, 0) is 19.3 Å². The molecule has 0 radical (unpaired) electrons. The molecule has 2 aromatic carbocycles. The second kappa shape index (κ2) is 10.8. The second-order valence-electron chi connectivity index (χ2n) is 5.66. The minimum Gasteiger partial charge on any atom is -0.357 e. The van der Waals surface area contributed by atoms with E-state index >= 15 is 0 Å². The van der Waals surface area contributed by atoms with Crippen molar-refractivity contribution in [2.75, 3.05) is 6.54 Å². The summed E-state index contributed by atoms with van der Waals surface area (Å²) in [5, 5.41) is 14.6. The fourth-order valence-electron chi connectivity index (χ4n) is 2.34. The maximum Gasteiger partial charge on any atom is 0.416 e. The van der Waals surface area contributed by atoms with Gasteiger partial charge in [0, 0.05) is 13.1 Å². The Bertz CT molecular complexity index is 842. The van der Waals surface area contributed by atoms with Crippen LogP contribution in [0.5, 0.6) is 0 Å². The van der Waals surface area contributed by atoms with Gasteiger partial charge < -0.3 is 10.6 Å². The Labute approximate surface area is 177 Å². The maximum absolute atomic E-state index is 13.2. The Morgan fingerprint density at radius 3 is 2.36 bits per heavy atom. The molecule has 0 saturated carbocycles. The number of nitrogens with one attached hydrogen (secondary N) is 2. The predicted molar refractivity (Wildman–Crippen MR) is 110 cm³/mol. The lowest BCUT2D eigenvalue weighted by Crippen LogP contribution is -2.37. The van der Waals surface area contributed by atoms with Crippen LogP contribution < -0.4 is 10.6 Å². The fraction of sp³-hybridized carbons (Fsp3) is 0.263. The first-order chi connectivity index (χ1) is 12.8. The number of aliphatic imine (C=N–C) groups is 1. The van der Waals surface area contributed by atoms with Crippen LogP contribution in [0.3, 0.4) is 0 Å². The summed E-state index contributed by atoms with van der Waals surface area (Å²) in [6.45, 7) is 2.48. The quantitative estimate of drug-likeness (QED) is 0.270. The summed E-state index contributed by atoms with van der Waals surface area (Å²) in [7, 11) is 0. The zero-order chi connectivity index (χ0) is 19.9. The lowest BCUT2D eigenvalue weighted by molar-refractivity contribution is -0.138. The van der Waals surface area contributed by atoms with E-state index in [1.165, 1.54) is 0 Å². The Morgan fingerprint density at radius 1 is 1.11 bits per heavy atom. The molecule has 28 heavy (non-hydrogen) atoms. The monoisotopic (exact) mass is 506 g/mol. The number of hydrogen-bond donors (Lipinski definition) is 2. The first-order valence-electron chi connectivity index (χ1n) is 8.20. The number of hydrogen-bond acceptors (Lipinski definition) is 2. The van der Waals surface area contributed by atoms with Crippen LogP contribution in [0, 0.1) is 17.1 Å². The van der Waals surface area contributed by atoms with E-state index in [0.29, 0.717) is 24.1 Å². The molecule has 0 saturated heterocycles. The summed E-state index contributed by atoms with van der Waals surface area (Å²) in [4.78, 5) is 4.32. The van der Waals surface area contributed by atoms with Gasteiger partial charge in [0.1, 0.15) is 5.82 Å². The van der Waals surface area contributed by atoms with Gasteiger partial charge >= 0.3 is 6.18 Å². The molecule has 0 atom stereocenters. The van der Waals surface area contributed by atoms with Crippen molar-refractivity contribution in [3.8, 4) is 6.07 Å². The van der Waals surface area contributed by atoms with E-state index in [1.54, 1.807) is 24.3 Å². The summed E-state index contributed by atoms with van der Waals surface area (Å²) in [5.74, 6) is -0.605. The summed E-state index contributed by atoms with van der Waals surface area (Å²) in [6.07, 6.45) is -4.64. The maximum atomic E-state index is 13.2. The van der Waals surface area contributed by atoms with Gasteiger partial charge in [-0.2, -0.15) is 18.4 Å². The molecule has 2 aromatic rings. The second-order valence-corrected chi connectivity index (χ2v) is 5.66. The Hall–Kier alpha value is -2.35. The first-order valence-corrected chi connectivity index (χ1v) is 8.20. The molecule has 0 aliphatic carbocycles. The molecule has 2 rings (SSSR count). The van der Waals surface area contributed by atoms with E-state index in [1.807, 2.05) is 13.0 Å². The number of nitrogens with zero attached hydrogens (tertiary/aromatic N) is 2. The zero-order valence-corrected chi connectivity index (χ0v) is 17.3. The van der Waals surface area contributed by atoms with Gasteiger partial charge in [-0.3, -0.25) is 0 Å². The van der Waals surface area contributed by atoms with Crippen molar-refractivity contribution < 1.29 is 17.6 Å². The number of rotatable bonds is 5. The van der Waals surface area contributed by atoms with E-state index < -0.39 is 17.6 Å². The van der Waals surface area contributed by atoms with Crippen molar-refractivity contribution in [2.45, 2.75) is 26.2 Å². The first kappa shape index (κ1) is 23.7. The summed E-state index contributed by atoms with van der Waals surface area (Å²) >= 11 is 0. The fourth-order valence-corrected chi connectivity index (χ4v) is 2.34. The molecular weight excluding hydrogens is 487 g/mol. The van der Waals surface area contributed by atoms with Crippen molar-refractivity contribution in [1.29, 1.82) is 5.26 Å². The van der Waals surface area contributed by atoms with E-state index in [2.05, 4.69) is 15.6 Å². The van der Waals surface area contributed by atoms with Crippen LogP contribution in [0.2, 0.25) is 0 Å². The normalized spacial score (nSPS) is 11.4. The average Bonchev–Trinajstić information content (AvgIpc) is 2.64. The smallest absolute Gasteiger partial charge is 0.357 e. The van der Waals surface area contributed by atoms with Crippen LogP contribution >= 0.6 is 24.0 Å². The van der Waals surface area contributed by atoms with Gasteiger partial charge in [0.05, 0.1) is 23.7 Å². The third-order valence-electron chi connectivity index (χ3n) is 3.67. The zero-order valence-electron chi connectivity index (χ0n) is 15.0. The van der Waals surface area contributed by atoms with Gasteiger partial charge in [-0.05, 0) is 42.3 Å². The largest absolute Gasteiger partial charge is 0.416 e. The molecular formula is C19H19F4IN4. The molecule has 2 N–H and O–H groups in total. The van der Waals surface area contributed by atoms with Crippen molar-refractivity contribution in [1.82, 2.24) is 10.6 Å². The number of alkyl halides is 3. The molecule has 0 fully saturated rings. The number of nitriles is 1. The number of benzene rings is 2. The summed E-state index contributed by atoms with van der Waals surface area (Å²) < 4.78 is 52.4. The van der Waals surface area contributed by atoms with Crippen LogP contribution in [0.1, 0.15) is 29.2 Å². The third-order valence-corrected chi connectivity index (χ3v) is 3.67. The molecule has 9 heteroatoms. The highest BCUT2D eigenvalue weighted by molar-refractivity contribution is 14.0. The lowest BCUT2D eigenvalue weighted by Gasteiger charge is -2.15. The van der Waals surface area contributed by atoms with Gasteiger partial charge in [-0.1, -0.05) is 18.2 Å². The number of guanidine groups is 1. The third kappa shape index (κ3) is 6.99. The molecule has 0 amide bonds. The van der Waals surface area contributed by atoms with Crippen molar-refractivity contribution in [3.63, 3.8) is 0 Å². The van der Waals surface area contributed by atoms with Gasteiger partial charge in [0.2, 0.25) is 0 Å². The van der Waals surface area contributed by atoms with Crippen LogP contribution in [0.15, 0.2) is 47.5 Å². The highest BCUT2D eigenvalue weighted by Crippen LogP contribution is 2.32. The van der Waals surface area contributed by atoms with Crippen LogP contribution in [-0.4, -0.2) is 12.5 Å². The van der Waals surface area contributed by atoms with Gasteiger partial charge in [-0.15, -0.1) is 24.0 Å². The molecule has 150 valence electrons. The van der Waals surface area contributed by atoms with E-state index in [-0.39, 0.29) is 42.6 Å². The van der Waals surface area contributed by atoms with Crippen molar-refractivity contribution in [2.24, 2.45) is 4.99 Å². The van der Waals surface area contributed by atoms with E-state index in [4.69, 9.17) is 5.26 Å². The van der Waals surface area contributed by atoms with Crippen molar-refractivity contribution >= 4 is 29.9 Å². The molecule has 0 aromatic heterocycles. The molecule has 0 spiro atoms. The van der Waals surface area contributed by atoms with Gasteiger partial charge in [-0.25, -0.2) is 9.38 Å². The Kier molecular flexibility index (Phi) is 9.18. The van der Waals surface area contributed by atoms with Crippen LogP contribution in [0.25, 0.3) is 0 Å². The highest BCUT2D eigenvalue weighted by Gasteiger charge is 2.33. The predicted octanol–water partition coefficient (Wildman–Crippen LogP) is 4.59. The molecule has 0 heterocycles. The van der Waals surface area contributed by atoms with Gasteiger partial charge in [0.15, 0.2) is 5.96 Å². The van der Waals surface area contributed by atoms with E-state index in [0.717, 1.165) is 17.7 Å². The van der Waals surface area contributed by atoms with Gasteiger partial charge in [0.25, 0.3) is 0 Å². The Balaban J connectivity index is 0.00000392. The molecule has 0 aliphatic heterocycles. The van der Waals surface area contributed by atoms with E-state index in [9.17, 15) is 17.6 Å². The molecule has 0 bridgehead atoms. The minimum atomic E-state index is -4.64. The lowest BCUT2D eigenvalue weighted by atomic mass is 10.1. The molecule has 4 nitrogen and oxygen atoms in total. The number of halogens is 5. The topological polar surface area (TPSA) is 60.2 Å². The summed E-state index contributed by atoms with van der Waals surface area (Å²) in [5.41, 5.74) is 0.290. The molecule has 0 aliphatic rings. The molecule has 0 unspecified atom stereocenters. The minimum absolute atomic E-state index is 0. The van der Waals surface area contributed by atoms with Crippen molar-refractivity contribution in [3.05, 3.63) is 70.5 Å². The van der Waals surface area contributed by atoms with Crippen LogP contribution in [0.4, 0.5) is 17.6 Å².